The summed E-state index contributed by atoms with van der Waals surface area (Å²) in [7, 11) is 0. The molecule has 0 bridgehead atoms. The second-order valence-electron chi connectivity index (χ2n) is 7.59. The van der Waals surface area contributed by atoms with Crippen molar-refractivity contribution in [2.24, 2.45) is 5.92 Å². The first-order valence-corrected chi connectivity index (χ1v) is 9.48. The van der Waals surface area contributed by atoms with E-state index in [4.69, 9.17) is 9.47 Å². The lowest BCUT2D eigenvalue weighted by Gasteiger charge is -2.36. The second-order valence-corrected chi connectivity index (χ2v) is 7.59. The minimum atomic E-state index is -0.185. The standard InChI is InChI=1S/C19H25FN4O2/c20-15-3-1-13(2-4-15)9-23-10-16-18(11-23)26-12-17-19(21-22-24(16)17)14-5-7-25-8-6-14/h1-4,14,16,18,21-22H,5-12H2/t16-,18-/m0/s1. The van der Waals surface area contributed by atoms with Crippen molar-refractivity contribution >= 4 is 0 Å². The molecule has 140 valence electrons. The van der Waals surface area contributed by atoms with Crippen molar-refractivity contribution in [2.75, 3.05) is 32.9 Å². The van der Waals surface area contributed by atoms with E-state index in [0.717, 1.165) is 51.3 Å². The summed E-state index contributed by atoms with van der Waals surface area (Å²) < 4.78 is 24.8. The molecule has 2 atom stereocenters. The number of hydrazine groups is 2. The van der Waals surface area contributed by atoms with Crippen molar-refractivity contribution in [2.45, 2.75) is 31.5 Å². The zero-order valence-electron chi connectivity index (χ0n) is 14.8. The maximum atomic E-state index is 13.1. The van der Waals surface area contributed by atoms with Crippen LogP contribution in [0.5, 0.6) is 0 Å². The third kappa shape index (κ3) is 2.99. The lowest BCUT2D eigenvalue weighted by Crippen LogP contribution is -2.54. The monoisotopic (exact) mass is 360 g/mol. The first kappa shape index (κ1) is 16.5. The van der Waals surface area contributed by atoms with Gasteiger partial charge < -0.3 is 14.9 Å². The van der Waals surface area contributed by atoms with Crippen LogP contribution in [0.4, 0.5) is 4.39 Å². The Kier molecular flexibility index (Phi) is 4.32. The van der Waals surface area contributed by atoms with Gasteiger partial charge in [0.1, 0.15) is 5.82 Å². The number of hydrogen-bond donors (Lipinski definition) is 2. The summed E-state index contributed by atoms with van der Waals surface area (Å²) in [5.74, 6) is 0.336. The molecular formula is C19H25FN4O2. The number of rotatable bonds is 3. The largest absolute Gasteiger partial charge is 0.381 e. The van der Waals surface area contributed by atoms with E-state index in [1.54, 1.807) is 0 Å². The summed E-state index contributed by atoms with van der Waals surface area (Å²) in [4.78, 5) is 2.39. The average molecular weight is 360 g/mol. The highest BCUT2D eigenvalue weighted by molar-refractivity contribution is 5.23. The van der Waals surface area contributed by atoms with Crippen LogP contribution in [-0.4, -0.2) is 55.0 Å². The van der Waals surface area contributed by atoms with Gasteiger partial charge in [0.25, 0.3) is 0 Å². The molecule has 4 aliphatic heterocycles. The van der Waals surface area contributed by atoms with Crippen LogP contribution >= 0.6 is 0 Å². The lowest BCUT2D eigenvalue weighted by molar-refractivity contribution is -0.0323. The van der Waals surface area contributed by atoms with E-state index in [-0.39, 0.29) is 11.9 Å². The van der Waals surface area contributed by atoms with Gasteiger partial charge in [0.15, 0.2) is 0 Å². The van der Waals surface area contributed by atoms with E-state index >= 15 is 0 Å². The Labute approximate surface area is 152 Å². The van der Waals surface area contributed by atoms with Gasteiger partial charge in [0.2, 0.25) is 0 Å². The average Bonchev–Trinajstić information content (AvgIpc) is 3.27. The number of morpholine rings is 1. The zero-order valence-corrected chi connectivity index (χ0v) is 14.8. The molecule has 4 aliphatic rings. The Hall–Kier alpha value is -1.67. The smallest absolute Gasteiger partial charge is 0.123 e. The summed E-state index contributed by atoms with van der Waals surface area (Å²) in [6, 6.07) is 7.08. The van der Waals surface area contributed by atoms with Crippen LogP contribution in [0.2, 0.25) is 0 Å². The molecule has 26 heavy (non-hydrogen) atoms. The number of ether oxygens (including phenoxy) is 2. The summed E-state index contributed by atoms with van der Waals surface area (Å²) in [6.07, 6.45) is 2.32. The third-order valence-corrected chi connectivity index (χ3v) is 5.94. The number of nitrogens with one attached hydrogen (secondary N) is 2. The van der Waals surface area contributed by atoms with Gasteiger partial charge in [-0.1, -0.05) is 12.1 Å². The van der Waals surface area contributed by atoms with Crippen LogP contribution in [0.15, 0.2) is 35.7 Å². The summed E-state index contributed by atoms with van der Waals surface area (Å²) in [5, 5.41) is 2.28. The Morgan fingerprint density at radius 1 is 1.12 bits per heavy atom. The van der Waals surface area contributed by atoms with Crippen molar-refractivity contribution in [3.63, 3.8) is 0 Å². The van der Waals surface area contributed by atoms with Gasteiger partial charge in [-0.3, -0.25) is 9.91 Å². The minimum absolute atomic E-state index is 0.185. The number of hydrogen-bond acceptors (Lipinski definition) is 6. The van der Waals surface area contributed by atoms with Crippen molar-refractivity contribution in [1.82, 2.24) is 20.9 Å². The molecule has 0 aromatic heterocycles. The van der Waals surface area contributed by atoms with E-state index < -0.39 is 0 Å². The summed E-state index contributed by atoms with van der Waals surface area (Å²) in [6.45, 7) is 4.98. The number of fused-ring (bicyclic) bond motifs is 3. The van der Waals surface area contributed by atoms with Crippen LogP contribution in [-0.2, 0) is 16.0 Å². The van der Waals surface area contributed by atoms with Gasteiger partial charge in [-0.15, -0.1) is 5.53 Å². The second kappa shape index (κ2) is 6.81. The highest BCUT2D eigenvalue weighted by atomic mass is 19.1. The van der Waals surface area contributed by atoms with Gasteiger partial charge in [0.05, 0.1) is 30.1 Å². The third-order valence-electron chi connectivity index (χ3n) is 5.94. The van der Waals surface area contributed by atoms with E-state index in [0.29, 0.717) is 18.6 Å². The van der Waals surface area contributed by atoms with Gasteiger partial charge in [-0.25, -0.2) is 4.39 Å². The highest BCUT2D eigenvalue weighted by Crippen LogP contribution is 2.34. The first-order chi connectivity index (χ1) is 12.8. The molecular weight excluding hydrogens is 335 g/mol. The molecule has 6 nitrogen and oxygen atoms in total. The van der Waals surface area contributed by atoms with Gasteiger partial charge in [0, 0.05) is 38.8 Å². The lowest BCUT2D eigenvalue weighted by atomic mass is 9.95. The molecule has 0 amide bonds. The number of allylic oxidation sites excluding steroid dienone is 1. The SMILES string of the molecule is Fc1ccc(CN2C[C@@H]3OCC4=C(C5CCOCC5)NNN4[C@H]3C2)cc1. The first-order valence-electron chi connectivity index (χ1n) is 9.48. The Bertz CT molecular complexity index is 689. The Morgan fingerprint density at radius 3 is 2.73 bits per heavy atom. The van der Waals surface area contributed by atoms with Crippen molar-refractivity contribution < 1.29 is 13.9 Å². The molecule has 0 aliphatic carbocycles. The highest BCUT2D eigenvalue weighted by Gasteiger charge is 2.45. The molecule has 0 unspecified atom stereocenters. The zero-order chi connectivity index (χ0) is 17.5. The minimum Gasteiger partial charge on any atom is -0.381 e. The number of halogens is 1. The molecule has 1 aromatic carbocycles. The molecule has 0 spiro atoms. The topological polar surface area (TPSA) is 49.0 Å². The van der Waals surface area contributed by atoms with Gasteiger partial charge in [-0.05, 0) is 30.5 Å². The fraction of sp³-hybridized carbons (Fsp3) is 0.579. The number of benzene rings is 1. The van der Waals surface area contributed by atoms with Gasteiger partial charge in [-0.2, -0.15) is 0 Å². The normalized spacial score (nSPS) is 29.7. The van der Waals surface area contributed by atoms with Crippen LogP contribution < -0.4 is 11.0 Å². The van der Waals surface area contributed by atoms with Crippen molar-refractivity contribution in [3.8, 4) is 0 Å². The van der Waals surface area contributed by atoms with E-state index in [1.807, 2.05) is 12.1 Å². The molecule has 0 saturated carbocycles. The molecule has 5 rings (SSSR count). The molecule has 4 heterocycles. The van der Waals surface area contributed by atoms with E-state index in [9.17, 15) is 4.39 Å². The molecule has 1 aromatic rings. The maximum Gasteiger partial charge on any atom is 0.123 e. The quantitative estimate of drug-likeness (QED) is 0.849. The van der Waals surface area contributed by atoms with Gasteiger partial charge >= 0.3 is 0 Å². The molecule has 0 radical (unpaired) electrons. The van der Waals surface area contributed by atoms with Crippen molar-refractivity contribution in [3.05, 3.63) is 47.0 Å². The molecule has 7 heteroatoms. The van der Waals surface area contributed by atoms with Crippen LogP contribution in [0.1, 0.15) is 18.4 Å². The maximum absolute atomic E-state index is 13.1. The summed E-state index contributed by atoms with van der Waals surface area (Å²) in [5.41, 5.74) is 10.5. The Balaban J connectivity index is 1.28. The summed E-state index contributed by atoms with van der Waals surface area (Å²) >= 11 is 0. The Morgan fingerprint density at radius 2 is 1.92 bits per heavy atom. The predicted molar refractivity (Wildman–Crippen MR) is 93.9 cm³/mol. The van der Waals surface area contributed by atoms with Crippen LogP contribution in [0, 0.1) is 11.7 Å². The van der Waals surface area contributed by atoms with Crippen molar-refractivity contribution in [1.29, 1.82) is 0 Å². The fourth-order valence-electron chi connectivity index (χ4n) is 4.55. The number of nitrogens with zero attached hydrogens (tertiary/aromatic N) is 2. The van der Waals surface area contributed by atoms with E-state index in [1.165, 1.54) is 23.5 Å². The predicted octanol–water partition coefficient (Wildman–Crippen LogP) is 1.37. The molecule has 3 fully saturated rings. The van der Waals surface area contributed by atoms with Crippen LogP contribution in [0.3, 0.4) is 0 Å². The molecule has 2 N–H and O–H groups in total. The molecule has 3 saturated heterocycles. The van der Waals surface area contributed by atoms with E-state index in [2.05, 4.69) is 20.9 Å². The fourth-order valence-corrected chi connectivity index (χ4v) is 4.55. The number of likely N-dealkylation sites (tertiary alicyclic amines) is 1. The van der Waals surface area contributed by atoms with Crippen LogP contribution in [0.25, 0.3) is 0 Å².